The molecule has 6 heteroatoms. The standard InChI is InChI=1S/C14H13F2N3O/c1-8(9-4-5-11(15)12(16)7-9)19-14(20)10-3-2-6-18-13(10)17/h2-8H,1H3,(H2,17,18)(H,19,20)/t8-/m0/s1. The quantitative estimate of drug-likeness (QED) is 0.905. The number of benzene rings is 1. The summed E-state index contributed by atoms with van der Waals surface area (Å²) in [4.78, 5) is 15.8. The average molecular weight is 277 g/mol. The van der Waals surface area contributed by atoms with Crippen molar-refractivity contribution in [3.8, 4) is 0 Å². The predicted molar refractivity (Wildman–Crippen MR) is 70.9 cm³/mol. The first-order valence-corrected chi connectivity index (χ1v) is 5.95. The normalized spacial score (nSPS) is 11.9. The number of carbonyl (C=O) groups is 1. The minimum atomic E-state index is -0.954. The minimum absolute atomic E-state index is 0.113. The summed E-state index contributed by atoms with van der Waals surface area (Å²) in [5.74, 6) is -2.19. The number of pyridine rings is 1. The summed E-state index contributed by atoms with van der Waals surface area (Å²) >= 11 is 0. The number of nitrogens with zero attached hydrogens (tertiary/aromatic N) is 1. The van der Waals surface area contributed by atoms with Crippen LogP contribution in [0.25, 0.3) is 0 Å². The van der Waals surface area contributed by atoms with Gasteiger partial charge in [-0.3, -0.25) is 4.79 Å². The topological polar surface area (TPSA) is 68.0 Å². The van der Waals surface area contributed by atoms with Crippen molar-refractivity contribution >= 4 is 11.7 Å². The van der Waals surface area contributed by atoms with Gasteiger partial charge in [0.05, 0.1) is 11.6 Å². The van der Waals surface area contributed by atoms with E-state index in [1.165, 1.54) is 18.3 Å². The van der Waals surface area contributed by atoms with Gasteiger partial charge in [-0.25, -0.2) is 13.8 Å². The summed E-state index contributed by atoms with van der Waals surface area (Å²) in [6.45, 7) is 1.66. The van der Waals surface area contributed by atoms with Gasteiger partial charge in [0.15, 0.2) is 11.6 Å². The number of amides is 1. The number of nitrogens with two attached hydrogens (primary N) is 1. The molecule has 1 aromatic heterocycles. The molecule has 1 atom stereocenters. The molecule has 0 aliphatic rings. The third kappa shape index (κ3) is 2.90. The van der Waals surface area contributed by atoms with E-state index < -0.39 is 23.6 Å². The van der Waals surface area contributed by atoms with Crippen molar-refractivity contribution in [3.63, 3.8) is 0 Å². The Morgan fingerprint density at radius 3 is 2.70 bits per heavy atom. The van der Waals surface area contributed by atoms with Crippen LogP contribution in [0.3, 0.4) is 0 Å². The summed E-state index contributed by atoms with van der Waals surface area (Å²) in [7, 11) is 0. The van der Waals surface area contributed by atoms with Gasteiger partial charge in [-0.1, -0.05) is 6.07 Å². The Morgan fingerprint density at radius 2 is 2.05 bits per heavy atom. The first-order chi connectivity index (χ1) is 9.49. The third-order valence-electron chi connectivity index (χ3n) is 2.87. The Bertz CT molecular complexity index is 646. The van der Waals surface area contributed by atoms with Crippen LogP contribution >= 0.6 is 0 Å². The third-order valence-corrected chi connectivity index (χ3v) is 2.87. The van der Waals surface area contributed by atoms with Crippen molar-refractivity contribution in [2.75, 3.05) is 5.73 Å². The van der Waals surface area contributed by atoms with Gasteiger partial charge in [0.2, 0.25) is 0 Å². The van der Waals surface area contributed by atoms with Crippen molar-refractivity contribution in [3.05, 3.63) is 59.3 Å². The molecule has 2 aromatic rings. The van der Waals surface area contributed by atoms with E-state index in [9.17, 15) is 13.6 Å². The van der Waals surface area contributed by atoms with Crippen LogP contribution in [-0.2, 0) is 0 Å². The van der Waals surface area contributed by atoms with E-state index in [1.807, 2.05) is 0 Å². The van der Waals surface area contributed by atoms with Crippen LogP contribution in [0.1, 0.15) is 28.9 Å². The Balaban J connectivity index is 2.15. The molecule has 20 heavy (non-hydrogen) atoms. The van der Waals surface area contributed by atoms with Crippen molar-refractivity contribution in [1.82, 2.24) is 10.3 Å². The lowest BCUT2D eigenvalue weighted by Crippen LogP contribution is -2.27. The number of hydrogen-bond donors (Lipinski definition) is 2. The minimum Gasteiger partial charge on any atom is -0.383 e. The maximum Gasteiger partial charge on any atom is 0.255 e. The molecule has 4 nitrogen and oxygen atoms in total. The van der Waals surface area contributed by atoms with E-state index in [-0.39, 0.29) is 11.4 Å². The van der Waals surface area contributed by atoms with E-state index in [0.717, 1.165) is 12.1 Å². The lowest BCUT2D eigenvalue weighted by molar-refractivity contribution is 0.0940. The molecule has 0 bridgehead atoms. The van der Waals surface area contributed by atoms with Crippen LogP contribution in [-0.4, -0.2) is 10.9 Å². The molecular weight excluding hydrogens is 264 g/mol. The molecular formula is C14H13F2N3O. The highest BCUT2D eigenvalue weighted by Crippen LogP contribution is 2.17. The van der Waals surface area contributed by atoms with E-state index >= 15 is 0 Å². The van der Waals surface area contributed by atoms with Crippen molar-refractivity contribution in [2.24, 2.45) is 0 Å². The number of nitrogen functional groups attached to an aromatic ring is 1. The fourth-order valence-corrected chi connectivity index (χ4v) is 1.75. The average Bonchev–Trinajstić information content (AvgIpc) is 2.42. The van der Waals surface area contributed by atoms with Crippen molar-refractivity contribution < 1.29 is 13.6 Å². The molecule has 0 saturated carbocycles. The second-order valence-corrected chi connectivity index (χ2v) is 4.30. The van der Waals surface area contributed by atoms with Gasteiger partial charge in [0.25, 0.3) is 5.91 Å². The van der Waals surface area contributed by atoms with Gasteiger partial charge in [-0.15, -0.1) is 0 Å². The van der Waals surface area contributed by atoms with Crippen LogP contribution in [0.5, 0.6) is 0 Å². The smallest absolute Gasteiger partial charge is 0.255 e. The molecule has 0 saturated heterocycles. The second-order valence-electron chi connectivity index (χ2n) is 4.30. The SMILES string of the molecule is C[C@H](NC(=O)c1cccnc1N)c1ccc(F)c(F)c1. The van der Waals surface area contributed by atoms with Gasteiger partial charge < -0.3 is 11.1 Å². The summed E-state index contributed by atoms with van der Waals surface area (Å²) in [6.07, 6.45) is 1.48. The molecule has 1 amide bonds. The molecule has 0 unspecified atom stereocenters. The molecule has 104 valence electrons. The van der Waals surface area contributed by atoms with Crippen LogP contribution in [0.2, 0.25) is 0 Å². The zero-order valence-electron chi connectivity index (χ0n) is 10.7. The molecule has 0 aliphatic carbocycles. The first kappa shape index (κ1) is 13.9. The van der Waals surface area contributed by atoms with E-state index in [1.54, 1.807) is 13.0 Å². The predicted octanol–water partition coefficient (Wildman–Crippen LogP) is 2.43. The molecule has 0 radical (unpaired) electrons. The van der Waals surface area contributed by atoms with Crippen molar-refractivity contribution in [2.45, 2.75) is 13.0 Å². The first-order valence-electron chi connectivity index (χ1n) is 5.95. The van der Waals surface area contributed by atoms with E-state index in [4.69, 9.17) is 5.73 Å². The maximum absolute atomic E-state index is 13.1. The molecule has 3 N–H and O–H groups in total. The second kappa shape index (κ2) is 5.64. The number of nitrogens with one attached hydrogen (secondary N) is 1. The van der Waals surface area contributed by atoms with Gasteiger partial charge in [-0.05, 0) is 36.8 Å². The molecule has 1 heterocycles. The maximum atomic E-state index is 13.1. The molecule has 0 spiro atoms. The fraction of sp³-hybridized carbons (Fsp3) is 0.143. The molecule has 0 fully saturated rings. The summed E-state index contributed by atoms with van der Waals surface area (Å²) < 4.78 is 26.0. The Kier molecular flexibility index (Phi) is 3.93. The highest BCUT2D eigenvalue weighted by Gasteiger charge is 2.15. The monoisotopic (exact) mass is 277 g/mol. The van der Waals surface area contributed by atoms with Crippen molar-refractivity contribution in [1.29, 1.82) is 0 Å². The Hall–Kier alpha value is -2.50. The highest BCUT2D eigenvalue weighted by molar-refractivity contribution is 5.98. The van der Waals surface area contributed by atoms with Gasteiger partial charge in [0.1, 0.15) is 5.82 Å². The Morgan fingerprint density at radius 1 is 1.30 bits per heavy atom. The van der Waals surface area contributed by atoms with Crippen LogP contribution < -0.4 is 11.1 Å². The number of aromatic nitrogens is 1. The number of anilines is 1. The zero-order chi connectivity index (χ0) is 14.7. The number of halogens is 2. The summed E-state index contributed by atoms with van der Waals surface area (Å²) in [5.41, 5.74) is 6.29. The largest absolute Gasteiger partial charge is 0.383 e. The summed E-state index contributed by atoms with van der Waals surface area (Å²) in [5, 5.41) is 2.65. The fourth-order valence-electron chi connectivity index (χ4n) is 1.75. The van der Waals surface area contributed by atoms with Crippen LogP contribution in [0.4, 0.5) is 14.6 Å². The van der Waals surface area contributed by atoms with E-state index in [0.29, 0.717) is 5.56 Å². The number of hydrogen-bond acceptors (Lipinski definition) is 3. The number of carbonyl (C=O) groups excluding carboxylic acids is 1. The van der Waals surface area contributed by atoms with Crippen LogP contribution in [0.15, 0.2) is 36.5 Å². The van der Waals surface area contributed by atoms with Crippen LogP contribution in [0, 0.1) is 11.6 Å². The molecule has 1 aromatic carbocycles. The highest BCUT2D eigenvalue weighted by atomic mass is 19.2. The zero-order valence-corrected chi connectivity index (χ0v) is 10.7. The number of rotatable bonds is 3. The lowest BCUT2D eigenvalue weighted by Gasteiger charge is -2.15. The molecule has 0 aliphatic heterocycles. The van der Waals surface area contributed by atoms with Gasteiger partial charge in [-0.2, -0.15) is 0 Å². The Labute approximate surface area is 114 Å². The lowest BCUT2D eigenvalue weighted by atomic mass is 10.1. The molecule has 2 rings (SSSR count). The van der Waals surface area contributed by atoms with Gasteiger partial charge >= 0.3 is 0 Å². The van der Waals surface area contributed by atoms with E-state index in [2.05, 4.69) is 10.3 Å². The summed E-state index contributed by atoms with van der Waals surface area (Å²) in [6, 6.07) is 6.12. The van der Waals surface area contributed by atoms with Gasteiger partial charge in [0, 0.05) is 6.20 Å².